The normalized spacial score (nSPS) is 11.4. The van der Waals surface area contributed by atoms with E-state index in [9.17, 15) is 14.9 Å². The van der Waals surface area contributed by atoms with Crippen LogP contribution in [0.4, 0.5) is 5.69 Å². The molecule has 0 saturated heterocycles. The summed E-state index contributed by atoms with van der Waals surface area (Å²) in [5.41, 5.74) is 0.974. The maximum absolute atomic E-state index is 12.8. The van der Waals surface area contributed by atoms with Gasteiger partial charge in [-0.1, -0.05) is 23.5 Å². The third-order valence-corrected chi connectivity index (χ3v) is 5.06. The number of allylic oxidation sites excluding steroid dienone is 1. The summed E-state index contributed by atoms with van der Waals surface area (Å²) in [7, 11) is 2.94. The summed E-state index contributed by atoms with van der Waals surface area (Å²) in [6, 6.07) is 9.50. The van der Waals surface area contributed by atoms with Gasteiger partial charge >= 0.3 is 0 Å². The van der Waals surface area contributed by atoms with Gasteiger partial charge in [-0.15, -0.1) is 6.58 Å². The van der Waals surface area contributed by atoms with Crippen LogP contribution in [0.15, 0.2) is 54.0 Å². The minimum atomic E-state index is -0.505. The molecule has 1 aromatic heterocycles. The predicted octanol–water partition coefficient (Wildman–Crippen LogP) is 3.56. The molecular formula is C19H17N3O5S. The second kappa shape index (κ2) is 8.05. The summed E-state index contributed by atoms with van der Waals surface area (Å²) in [4.78, 5) is 28.0. The largest absolute Gasteiger partial charge is 0.493 e. The zero-order valence-electron chi connectivity index (χ0n) is 15.2. The minimum Gasteiger partial charge on any atom is -0.493 e. The number of hydrogen-bond acceptors (Lipinski definition) is 6. The monoisotopic (exact) mass is 399 g/mol. The van der Waals surface area contributed by atoms with Crippen molar-refractivity contribution in [2.45, 2.75) is 6.54 Å². The van der Waals surface area contributed by atoms with E-state index in [2.05, 4.69) is 11.6 Å². The van der Waals surface area contributed by atoms with Crippen molar-refractivity contribution in [3.63, 3.8) is 0 Å². The smallest absolute Gasteiger partial charge is 0.283 e. The van der Waals surface area contributed by atoms with Crippen LogP contribution in [0.25, 0.3) is 10.2 Å². The summed E-state index contributed by atoms with van der Waals surface area (Å²) in [5.74, 6) is 0.217. The molecule has 0 bridgehead atoms. The fourth-order valence-electron chi connectivity index (χ4n) is 2.77. The molecule has 0 N–H and O–H groups in total. The van der Waals surface area contributed by atoms with Crippen LogP contribution in [0, 0.1) is 10.1 Å². The first-order chi connectivity index (χ1) is 13.5. The number of carbonyl (C=O) groups excluding carboxylic acids is 1. The Bertz CT molecular complexity index is 1150. The lowest BCUT2D eigenvalue weighted by Gasteiger charge is -2.09. The van der Waals surface area contributed by atoms with Crippen molar-refractivity contribution in [2.24, 2.45) is 4.99 Å². The Hall–Kier alpha value is -3.46. The number of nitro groups is 1. The Morgan fingerprint density at radius 3 is 2.75 bits per heavy atom. The lowest BCUT2D eigenvalue weighted by molar-refractivity contribution is -0.384. The number of ether oxygens (including phenoxy) is 2. The molecule has 3 rings (SSSR count). The van der Waals surface area contributed by atoms with Crippen molar-refractivity contribution in [1.82, 2.24) is 4.57 Å². The third-order valence-electron chi connectivity index (χ3n) is 4.02. The van der Waals surface area contributed by atoms with Gasteiger partial charge in [-0.2, -0.15) is 4.99 Å². The molecule has 0 aliphatic heterocycles. The zero-order chi connectivity index (χ0) is 20.3. The number of carbonyl (C=O) groups is 1. The van der Waals surface area contributed by atoms with E-state index in [-0.39, 0.29) is 11.3 Å². The van der Waals surface area contributed by atoms with Crippen LogP contribution in [0.1, 0.15) is 10.4 Å². The van der Waals surface area contributed by atoms with Crippen LogP contribution < -0.4 is 14.3 Å². The fourth-order valence-corrected chi connectivity index (χ4v) is 3.84. The van der Waals surface area contributed by atoms with Gasteiger partial charge in [-0.25, -0.2) is 0 Å². The number of para-hydroxylation sites is 1. The average Bonchev–Trinajstić information content (AvgIpc) is 3.03. The maximum atomic E-state index is 12.8. The lowest BCUT2D eigenvalue weighted by atomic mass is 10.2. The second-order valence-electron chi connectivity index (χ2n) is 5.65. The summed E-state index contributed by atoms with van der Waals surface area (Å²) in [6.07, 6.45) is 1.67. The maximum Gasteiger partial charge on any atom is 0.283 e. The van der Waals surface area contributed by atoms with Crippen molar-refractivity contribution < 1.29 is 19.2 Å². The first-order valence-electron chi connectivity index (χ1n) is 8.19. The number of amides is 1. The molecule has 28 heavy (non-hydrogen) atoms. The Morgan fingerprint density at radius 2 is 2.11 bits per heavy atom. The first-order valence-corrected chi connectivity index (χ1v) is 9.00. The van der Waals surface area contributed by atoms with E-state index < -0.39 is 10.8 Å². The number of fused-ring (bicyclic) bond motifs is 1. The number of benzene rings is 2. The highest BCUT2D eigenvalue weighted by Gasteiger charge is 2.17. The van der Waals surface area contributed by atoms with E-state index in [1.54, 1.807) is 34.9 Å². The molecule has 1 heterocycles. The molecule has 144 valence electrons. The van der Waals surface area contributed by atoms with Gasteiger partial charge in [0.2, 0.25) is 0 Å². The Kier molecular flexibility index (Phi) is 5.55. The lowest BCUT2D eigenvalue weighted by Crippen LogP contribution is -2.16. The number of aromatic nitrogens is 1. The predicted molar refractivity (Wildman–Crippen MR) is 106 cm³/mol. The SMILES string of the molecule is C=CCn1c(=NC(=O)c2cccc(OC)c2OC)sc2cc([N+](=O)[O-])ccc21. The van der Waals surface area contributed by atoms with E-state index in [1.807, 2.05) is 0 Å². The first kappa shape index (κ1) is 19.3. The van der Waals surface area contributed by atoms with Gasteiger partial charge in [0, 0.05) is 18.7 Å². The molecule has 1 amide bonds. The van der Waals surface area contributed by atoms with Gasteiger partial charge in [0.1, 0.15) is 0 Å². The number of hydrogen-bond donors (Lipinski definition) is 0. The Labute approximate surface area is 164 Å². The van der Waals surface area contributed by atoms with Crippen LogP contribution in [0.3, 0.4) is 0 Å². The average molecular weight is 399 g/mol. The van der Waals surface area contributed by atoms with Gasteiger partial charge in [-0.05, 0) is 18.2 Å². The Balaban J connectivity index is 2.18. The van der Waals surface area contributed by atoms with Gasteiger partial charge in [0.05, 0.1) is 34.9 Å². The molecule has 0 spiro atoms. The van der Waals surface area contributed by atoms with Crippen LogP contribution in [-0.4, -0.2) is 29.6 Å². The highest BCUT2D eigenvalue weighted by Crippen LogP contribution is 2.31. The van der Waals surface area contributed by atoms with Crippen molar-refractivity contribution in [2.75, 3.05) is 14.2 Å². The van der Waals surface area contributed by atoms with Gasteiger partial charge < -0.3 is 14.0 Å². The van der Waals surface area contributed by atoms with Crippen molar-refractivity contribution in [1.29, 1.82) is 0 Å². The summed E-state index contributed by atoms with van der Waals surface area (Å²) >= 11 is 1.19. The number of nitro benzene ring substituents is 1. The summed E-state index contributed by atoms with van der Waals surface area (Å²) in [5, 5.41) is 11.0. The number of nitrogens with zero attached hydrogens (tertiary/aromatic N) is 3. The van der Waals surface area contributed by atoms with Crippen LogP contribution in [-0.2, 0) is 6.54 Å². The zero-order valence-corrected chi connectivity index (χ0v) is 16.1. The van der Waals surface area contributed by atoms with E-state index in [1.165, 1.54) is 37.7 Å². The molecule has 0 atom stereocenters. The Morgan fingerprint density at radius 1 is 1.32 bits per heavy atom. The molecule has 9 heteroatoms. The number of rotatable bonds is 6. The van der Waals surface area contributed by atoms with Crippen molar-refractivity contribution in [3.8, 4) is 11.5 Å². The third kappa shape index (κ3) is 3.52. The van der Waals surface area contributed by atoms with E-state index >= 15 is 0 Å². The summed E-state index contributed by atoms with van der Waals surface area (Å²) in [6.45, 7) is 4.13. The van der Waals surface area contributed by atoms with Crippen LogP contribution in [0.2, 0.25) is 0 Å². The number of thiazole rings is 1. The molecule has 3 aromatic rings. The molecule has 0 unspecified atom stereocenters. The molecule has 0 fully saturated rings. The fraction of sp³-hybridized carbons (Fsp3) is 0.158. The molecule has 2 aromatic carbocycles. The van der Waals surface area contributed by atoms with Crippen molar-refractivity contribution in [3.05, 3.63) is 69.5 Å². The summed E-state index contributed by atoms with van der Waals surface area (Å²) < 4.78 is 13.0. The molecule has 0 radical (unpaired) electrons. The quantitative estimate of drug-likeness (QED) is 0.359. The molecule has 0 saturated carbocycles. The minimum absolute atomic E-state index is 0.0214. The van der Waals surface area contributed by atoms with E-state index in [0.717, 1.165) is 5.52 Å². The topological polar surface area (TPSA) is 96.0 Å². The van der Waals surface area contributed by atoms with Crippen LogP contribution in [0.5, 0.6) is 11.5 Å². The standard InChI is InChI=1S/C19H17N3O5S/c1-4-10-21-14-9-8-12(22(24)25)11-16(14)28-19(21)20-18(23)13-6-5-7-15(26-2)17(13)27-3/h4-9,11H,1,10H2,2-3H3. The molecule has 8 nitrogen and oxygen atoms in total. The number of non-ortho nitro benzene ring substituents is 1. The van der Waals surface area contributed by atoms with Gasteiger partial charge in [0.15, 0.2) is 16.3 Å². The van der Waals surface area contributed by atoms with Gasteiger partial charge in [0.25, 0.3) is 11.6 Å². The molecule has 0 aliphatic carbocycles. The highest BCUT2D eigenvalue weighted by atomic mass is 32.1. The van der Waals surface area contributed by atoms with E-state index in [4.69, 9.17) is 9.47 Å². The number of methoxy groups -OCH3 is 2. The molecule has 0 aliphatic rings. The second-order valence-corrected chi connectivity index (χ2v) is 6.66. The molecular weight excluding hydrogens is 382 g/mol. The van der Waals surface area contributed by atoms with E-state index in [0.29, 0.717) is 27.5 Å². The van der Waals surface area contributed by atoms with Gasteiger partial charge in [-0.3, -0.25) is 14.9 Å². The highest BCUT2D eigenvalue weighted by molar-refractivity contribution is 7.16. The van der Waals surface area contributed by atoms with Crippen LogP contribution >= 0.6 is 11.3 Å². The van der Waals surface area contributed by atoms with Crippen molar-refractivity contribution >= 4 is 33.1 Å².